The first-order chi connectivity index (χ1) is 11.6. The van der Waals surface area contributed by atoms with Gasteiger partial charge in [-0.2, -0.15) is 5.10 Å². The largest absolute Gasteiger partial charge is 0.323 e. The number of rotatable bonds is 5. The summed E-state index contributed by atoms with van der Waals surface area (Å²) >= 11 is 3.40. The molecule has 1 N–H and O–H groups in total. The third kappa shape index (κ3) is 4.52. The number of anilines is 1. The summed E-state index contributed by atoms with van der Waals surface area (Å²) < 4.78 is 15.6. The predicted molar refractivity (Wildman–Crippen MR) is 94.2 cm³/mol. The zero-order chi connectivity index (χ0) is 16.9. The molecule has 24 heavy (non-hydrogen) atoms. The molecule has 1 aromatic heterocycles. The number of carbonyl (C=O) groups is 1. The van der Waals surface area contributed by atoms with Gasteiger partial charge in [-0.15, -0.1) is 0 Å². The molecule has 0 fully saturated rings. The lowest BCUT2D eigenvalue weighted by atomic mass is 10.1. The van der Waals surface area contributed by atoms with E-state index in [9.17, 15) is 9.18 Å². The number of nitrogens with one attached hydrogen (secondary N) is 1. The van der Waals surface area contributed by atoms with E-state index >= 15 is 0 Å². The lowest BCUT2D eigenvalue weighted by molar-refractivity contribution is -0.115. The van der Waals surface area contributed by atoms with Crippen molar-refractivity contribution in [3.8, 4) is 0 Å². The number of nitrogens with zero attached hydrogens (tertiary/aromatic N) is 2. The first kappa shape index (κ1) is 16.4. The van der Waals surface area contributed by atoms with Crippen LogP contribution < -0.4 is 5.32 Å². The maximum absolute atomic E-state index is 12.9. The van der Waals surface area contributed by atoms with Crippen LogP contribution in [0.15, 0.2) is 65.4 Å². The fourth-order valence-electron chi connectivity index (χ4n) is 2.28. The van der Waals surface area contributed by atoms with Gasteiger partial charge in [-0.25, -0.2) is 4.39 Å². The highest BCUT2D eigenvalue weighted by molar-refractivity contribution is 9.10. The van der Waals surface area contributed by atoms with Crippen LogP contribution in [0.5, 0.6) is 0 Å². The molecular weight excluding hydrogens is 373 g/mol. The number of carbonyl (C=O) groups excluding carboxylic acids is 1. The lowest BCUT2D eigenvalue weighted by Gasteiger charge is -2.03. The molecule has 0 saturated heterocycles. The molecule has 3 aromatic rings. The topological polar surface area (TPSA) is 46.9 Å². The van der Waals surface area contributed by atoms with Gasteiger partial charge < -0.3 is 5.32 Å². The van der Waals surface area contributed by atoms with Gasteiger partial charge in [0.1, 0.15) is 5.82 Å². The second kappa shape index (κ2) is 7.40. The summed E-state index contributed by atoms with van der Waals surface area (Å²) in [6, 6.07) is 13.9. The Bertz CT molecular complexity index is 828. The highest BCUT2D eigenvalue weighted by Gasteiger charge is 2.06. The molecule has 122 valence electrons. The standard InChI is InChI=1S/C18H15BrFN3O/c19-15-5-1-14(2-6-15)11-23-12-17(10-21-23)22-18(24)9-13-3-7-16(20)8-4-13/h1-8,10,12H,9,11H2,(H,22,24). The molecule has 1 amide bonds. The van der Waals surface area contributed by atoms with Crippen molar-refractivity contribution in [1.82, 2.24) is 9.78 Å². The van der Waals surface area contributed by atoms with Crippen molar-refractivity contribution in [3.63, 3.8) is 0 Å². The average molecular weight is 388 g/mol. The van der Waals surface area contributed by atoms with E-state index in [1.807, 2.05) is 24.3 Å². The van der Waals surface area contributed by atoms with E-state index in [-0.39, 0.29) is 18.1 Å². The van der Waals surface area contributed by atoms with Gasteiger partial charge in [-0.1, -0.05) is 40.2 Å². The number of hydrogen-bond acceptors (Lipinski definition) is 2. The minimum Gasteiger partial charge on any atom is -0.323 e. The molecule has 2 aromatic carbocycles. The maximum atomic E-state index is 12.9. The summed E-state index contributed by atoms with van der Waals surface area (Å²) in [4.78, 5) is 12.0. The fraction of sp³-hybridized carbons (Fsp3) is 0.111. The molecule has 0 saturated carbocycles. The van der Waals surface area contributed by atoms with Crippen LogP contribution >= 0.6 is 15.9 Å². The number of halogens is 2. The van der Waals surface area contributed by atoms with Crippen molar-refractivity contribution in [2.45, 2.75) is 13.0 Å². The van der Waals surface area contributed by atoms with Crippen LogP contribution in [0.25, 0.3) is 0 Å². The van der Waals surface area contributed by atoms with Crippen LogP contribution in [0.3, 0.4) is 0 Å². The zero-order valence-electron chi connectivity index (χ0n) is 12.7. The average Bonchev–Trinajstić information content (AvgIpc) is 2.99. The van der Waals surface area contributed by atoms with E-state index in [0.29, 0.717) is 12.2 Å². The first-order valence-electron chi connectivity index (χ1n) is 7.40. The van der Waals surface area contributed by atoms with Crippen molar-refractivity contribution in [2.75, 3.05) is 5.32 Å². The normalized spacial score (nSPS) is 10.6. The highest BCUT2D eigenvalue weighted by Crippen LogP contribution is 2.13. The predicted octanol–water partition coefficient (Wildman–Crippen LogP) is 4.01. The molecule has 0 atom stereocenters. The van der Waals surface area contributed by atoms with Gasteiger partial charge in [-0.3, -0.25) is 9.48 Å². The molecule has 0 unspecified atom stereocenters. The molecule has 0 aliphatic heterocycles. The summed E-state index contributed by atoms with van der Waals surface area (Å²) in [5, 5.41) is 7.04. The second-order valence-electron chi connectivity index (χ2n) is 5.40. The smallest absolute Gasteiger partial charge is 0.228 e. The molecule has 0 aliphatic carbocycles. The number of hydrogen-bond donors (Lipinski definition) is 1. The van der Waals surface area contributed by atoms with Crippen molar-refractivity contribution in [2.24, 2.45) is 0 Å². The number of amides is 1. The van der Waals surface area contributed by atoms with E-state index in [1.165, 1.54) is 12.1 Å². The van der Waals surface area contributed by atoms with E-state index in [4.69, 9.17) is 0 Å². The first-order valence-corrected chi connectivity index (χ1v) is 8.19. The van der Waals surface area contributed by atoms with Crippen LogP contribution in [-0.4, -0.2) is 15.7 Å². The third-order valence-electron chi connectivity index (χ3n) is 3.45. The van der Waals surface area contributed by atoms with Gasteiger partial charge in [0.15, 0.2) is 0 Å². The monoisotopic (exact) mass is 387 g/mol. The molecule has 0 radical (unpaired) electrons. The van der Waals surface area contributed by atoms with Crippen LogP contribution in [0.1, 0.15) is 11.1 Å². The van der Waals surface area contributed by atoms with Gasteiger partial charge in [0, 0.05) is 10.7 Å². The maximum Gasteiger partial charge on any atom is 0.228 e. The molecule has 6 heteroatoms. The van der Waals surface area contributed by atoms with Crippen LogP contribution in [-0.2, 0) is 17.8 Å². The summed E-state index contributed by atoms with van der Waals surface area (Å²) in [5.41, 5.74) is 2.51. The van der Waals surface area contributed by atoms with E-state index in [2.05, 4.69) is 26.3 Å². The Labute approximate surface area is 147 Å². The molecular formula is C18H15BrFN3O. The molecule has 3 rings (SSSR count). The second-order valence-corrected chi connectivity index (χ2v) is 6.32. The molecule has 4 nitrogen and oxygen atoms in total. The Hall–Kier alpha value is -2.47. The van der Waals surface area contributed by atoms with E-state index < -0.39 is 0 Å². The summed E-state index contributed by atoms with van der Waals surface area (Å²) in [7, 11) is 0. The van der Waals surface area contributed by atoms with Crippen molar-refractivity contribution >= 4 is 27.5 Å². The SMILES string of the molecule is O=C(Cc1ccc(F)cc1)Nc1cnn(Cc2ccc(Br)cc2)c1. The van der Waals surface area contributed by atoms with Crippen molar-refractivity contribution in [3.05, 3.63) is 82.3 Å². The molecule has 0 bridgehead atoms. The van der Waals surface area contributed by atoms with Gasteiger partial charge in [0.05, 0.1) is 24.8 Å². The van der Waals surface area contributed by atoms with Crippen molar-refractivity contribution in [1.29, 1.82) is 0 Å². The van der Waals surface area contributed by atoms with E-state index in [1.54, 1.807) is 29.2 Å². The Balaban J connectivity index is 1.58. The zero-order valence-corrected chi connectivity index (χ0v) is 14.3. The highest BCUT2D eigenvalue weighted by atomic mass is 79.9. The van der Waals surface area contributed by atoms with Gasteiger partial charge in [0.2, 0.25) is 5.91 Å². The lowest BCUT2D eigenvalue weighted by Crippen LogP contribution is -2.14. The van der Waals surface area contributed by atoms with Crippen LogP contribution in [0.2, 0.25) is 0 Å². The number of benzene rings is 2. The van der Waals surface area contributed by atoms with Gasteiger partial charge in [-0.05, 0) is 35.4 Å². The van der Waals surface area contributed by atoms with Crippen LogP contribution in [0.4, 0.5) is 10.1 Å². The Morgan fingerprint density at radius 1 is 1.08 bits per heavy atom. The van der Waals surface area contributed by atoms with Crippen molar-refractivity contribution < 1.29 is 9.18 Å². The Morgan fingerprint density at radius 2 is 1.75 bits per heavy atom. The summed E-state index contributed by atoms with van der Waals surface area (Å²) in [6.07, 6.45) is 3.59. The van der Waals surface area contributed by atoms with E-state index in [0.717, 1.165) is 15.6 Å². The van der Waals surface area contributed by atoms with Crippen LogP contribution in [0, 0.1) is 5.82 Å². The summed E-state index contributed by atoms with van der Waals surface area (Å²) in [6.45, 7) is 0.626. The third-order valence-corrected chi connectivity index (χ3v) is 3.98. The van der Waals surface area contributed by atoms with Gasteiger partial charge >= 0.3 is 0 Å². The Morgan fingerprint density at radius 3 is 2.46 bits per heavy atom. The Kier molecular flexibility index (Phi) is 5.05. The fourth-order valence-corrected chi connectivity index (χ4v) is 2.55. The number of aromatic nitrogens is 2. The molecule has 0 spiro atoms. The summed E-state index contributed by atoms with van der Waals surface area (Å²) in [5.74, 6) is -0.474. The minimum absolute atomic E-state index is 0.162. The minimum atomic E-state index is -0.312. The van der Waals surface area contributed by atoms with Gasteiger partial charge in [0.25, 0.3) is 0 Å². The molecule has 1 heterocycles. The molecule has 0 aliphatic rings. The quantitative estimate of drug-likeness (QED) is 0.718.